The Balaban J connectivity index is 2.69. The SMILES string of the molecule is C=CC(=O)Oc1ccc(CBr)cc1. The summed E-state index contributed by atoms with van der Waals surface area (Å²) in [7, 11) is 0. The van der Waals surface area contributed by atoms with E-state index in [2.05, 4.69) is 22.5 Å². The van der Waals surface area contributed by atoms with Gasteiger partial charge in [0.2, 0.25) is 0 Å². The average Bonchev–Trinajstić information content (AvgIpc) is 2.19. The van der Waals surface area contributed by atoms with Gasteiger partial charge in [-0.3, -0.25) is 0 Å². The third-order valence-corrected chi connectivity index (χ3v) is 2.11. The summed E-state index contributed by atoms with van der Waals surface area (Å²) in [5.41, 5.74) is 1.14. The Morgan fingerprint density at radius 3 is 2.54 bits per heavy atom. The molecule has 0 aromatic heterocycles. The Kier molecular flexibility index (Phi) is 3.71. The van der Waals surface area contributed by atoms with Gasteiger partial charge in [0.1, 0.15) is 5.75 Å². The number of hydrogen-bond acceptors (Lipinski definition) is 2. The number of ether oxygens (including phenoxy) is 1. The fraction of sp³-hybridized carbons (Fsp3) is 0.100. The van der Waals surface area contributed by atoms with E-state index in [0.717, 1.165) is 17.0 Å². The van der Waals surface area contributed by atoms with Crippen LogP contribution in [0.15, 0.2) is 36.9 Å². The monoisotopic (exact) mass is 240 g/mol. The highest BCUT2D eigenvalue weighted by molar-refractivity contribution is 9.08. The second-order valence-electron chi connectivity index (χ2n) is 2.40. The molecule has 0 saturated carbocycles. The number of carbonyl (C=O) groups is 1. The van der Waals surface area contributed by atoms with Gasteiger partial charge in [-0.05, 0) is 17.7 Å². The molecule has 0 saturated heterocycles. The number of rotatable bonds is 3. The van der Waals surface area contributed by atoms with E-state index in [-0.39, 0.29) is 0 Å². The van der Waals surface area contributed by atoms with Gasteiger partial charge >= 0.3 is 5.97 Å². The first-order chi connectivity index (χ1) is 6.26. The van der Waals surface area contributed by atoms with Crippen LogP contribution < -0.4 is 4.74 Å². The highest BCUT2D eigenvalue weighted by Gasteiger charge is 1.98. The standard InChI is InChI=1S/C10H9BrO2/c1-2-10(12)13-9-5-3-8(7-11)4-6-9/h2-6H,1,7H2. The molecule has 13 heavy (non-hydrogen) atoms. The molecule has 0 unspecified atom stereocenters. The van der Waals surface area contributed by atoms with Crippen LogP contribution in [0.4, 0.5) is 0 Å². The Morgan fingerprint density at radius 2 is 2.08 bits per heavy atom. The first-order valence-corrected chi connectivity index (χ1v) is 4.87. The summed E-state index contributed by atoms with van der Waals surface area (Å²) in [6.45, 7) is 3.31. The molecule has 0 radical (unpaired) electrons. The quantitative estimate of drug-likeness (QED) is 0.352. The topological polar surface area (TPSA) is 26.3 Å². The summed E-state index contributed by atoms with van der Waals surface area (Å²) in [4.78, 5) is 10.8. The van der Waals surface area contributed by atoms with Crippen LogP contribution in [0.25, 0.3) is 0 Å². The van der Waals surface area contributed by atoms with Crippen molar-refractivity contribution >= 4 is 21.9 Å². The van der Waals surface area contributed by atoms with Crippen molar-refractivity contribution < 1.29 is 9.53 Å². The van der Waals surface area contributed by atoms with Crippen molar-refractivity contribution in [2.45, 2.75) is 5.33 Å². The van der Waals surface area contributed by atoms with Crippen LogP contribution in [-0.4, -0.2) is 5.97 Å². The molecule has 0 N–H and O–H groups in total. The zero-order valence-corrected chi connectivity index (χ0v) is 8.58. The zero-order chi connectivity index (χ0) is 9.68. The molecule has 0 atom stereocenters. The number of carbonyl (C=O) groups excluding carboxylic acids is 1. The van der Waals surface area contributed by atoms with Gasteiger partial charge in [-0.2, -0.15) is 0 Å². The highest BCUT2D eigenvalue weighted by Crippen LogP contribution is 2.14. The Morgan fingerprint density at radius 1 is 1.46 bits per heavy atom. The van der Waals surface area contributed by atoms with Crippen molar-refractivity contribution in [1.29, 1.82) is 0 Å². The van der Waals surface area contributed by atoms with Crippen LogP contribution in [0.1, 0.15) is 5.56 Å². The predicted octanol–water partition coefficient (Wildman–Crippen LogP) is 2.67. The normalized spacial score (nSPS) is 9.31. The smallest absolute Gasteiger partial charge is 0.335 e. The lowest BCUT2D eigenvalue weighted by molar-refractivity contribution is -0.128. The molecule has 0 fully saturated rings. The molecule has 68 valence electrons. The van der Waals surface area contributed by atoms with E-state index >= 15 is 0 Å². The minimum absolute atomic E-state index is 0.438. The van der Waals surface area contributed by atoms with Gasteiger partial charge in [0.25, 0.3) is 0 Å². The largest absolute Gasteiger partial charge is 0.423 e. The summed E-state index contributed by atoms with van der Waals surface area (Å²) in [6.07, 6.45) is 1.14. The molecule has 0 spiro atoms. The molecule has 0 aliphatic carbocycles. The molecule has 0 aliphatic heterocycles. The summed E-state index contributed by atoms with van der Waals surface area (Å²) < 4.78 is 4.89. The Labute approximate surface area is 85.3 Å². The summed E-state index contributed by atoms with van der Waals surface area (Å²) in [6, 6.07) is 7.27. The zero-order valence-electron chi connectivity index (χ0n) is 7.00. The van der Waals surface area contributed by atoms with Crippen LogP contribution in [0.5, 0.6) is 5.75 Å². The Bertz CT molecular complexity index is 303. The van der Waals surface area contributed by atoms with Crippen molar-refractivity contribution in [3.8, 4) is 5.75 Å². The van der Waals surface area contributed by atoms with E-state index < -0.39 is 5.97 Å². The average molecular weight is 241 g/mol. The molecule has 3 heteroatoms. The number of benzene rings is 1. The van der Waals surface area contributed by atoms with Gasteiger partial charge in [0.15, 0.2) is 0 Å². The summed E-state index contributed by atoms with van der Waals surface area (Å²) in [5.74, 6) is 0.0983. The van der Waals surface area contributed by atoms with E-state index in [9.17, 15) is 4.79 Å². The maximum atomic E-state index is 10.8. The van der Waals surface area contributed by atoms with Crippen LogP contribution in [-0.2, 0) is 10.1 Å². The van der Waals surface area contributed by atoms with Crippen LogP contribution in [0.2, 0.25) is 0 Å². The van der Waals surface area contributed by atoms with Gasteiger partial charge in [-0.1, -0.05) is 34.6 Å². The molecule has 1 aromatic rings. The fourth-order valence-corrected chi connectivity index (χ4v) is 1.18. The van der Waals surface area contributed by atoms with Crippen molar-refractivity contribution in [2.24, 2.45) is 0 Å². The maximum absolute atomic E-state index is 10.8. The molecule has 1 aromatic carbocycles. The predicted molar refractivity (Wildman–Crippen MR) is 54.9 cm³/mol. The molecule has 1 rings (SSSR count). The maximum Gasteiger partial charge on any atom is 0.335 e. The minimum Gasteiger partial charge on any atom is -0.423 e. The second kappa shape index (κ2) is 4.82. The number of esters is 1. The van der Waals surface area contributed by atoms with Gasteiger partial charge in [0.05, 0.1) is 0 Å². The van der Waals surface area contributed by atoms with Gasteiger partial charge in [0, 0.05) is 11.4 Å². The molecule has 0 aliphatic rings. The molecule has 2 nitrogen and oxygen atoms in total. The number of alkyl halides is 1. The fourth-order valence-electron chi connectivity index (χ4n) is 0.804. The van der Waals surface area contributed by atoms with Gasteiger partial charge in [-0.25, -0.2) is 4.79 Å². The van der Waals surface area contributed by atoms with E-state index in [1.54, 1.807) is 12.1 Å². The van der Waals surface area contributed by atoms with Crippen LogP contribution >= 0.6 is 15.9 Å². The molecule has 0 bridgehead atoms. The number of hydrogen-bond donors (Lipinski definition) is 0. The van der Waals surface area contributed by atoms with Gasteiger partial charge < -0.3 is 4.74 Å². The van der Waals surface area contributed by atoms with E-state index in [0.29, 0.717) is 5.75 Å². The molecular formula is C10H9BrO2. The van der Waals surface area contributed by atoms with Crippen molar-refractivity contribution in [1.82, 2.24) is 0 Å². The third-order valence-electron chi connectivity index (χ3n) is 1.46. The van der Waals surface area contributed by atoms with Crippen molar-refractivity contribution in [3.05, 3.63) is 42.5 Å². The van der Waals surface area contributed by atoms with E-state index in [1.165, 1.54) is 0 Å². The second-order valence-corrected chi connectivity index (χ2v) is 2.96. The van der Waals surface area contributed by atoms with E-state index in [1.807, 2.05) is 12.1 Å². The molecule has 0 amide bonds. The molecular weight excluding hydrogens is 232 g/mol. The lowest BCUT2D eigenvalue weighted by Crippen LogP contribution is -2.02. The van der Waals surface area contributed by atoms with E-state index in [4.69, 9.17) is 4.74 Å². The minimum atomic E-state index is -0.438. The summed E-state index contributed by atoms with van der Waals surface area (Å²) in [5, 5.41) is 0.794. The highest BCUT2D eigenvalue weighted by atomic mass is 79.9. The summed E-state index contributed by atoms with van der Waals surface area (Å²) >= 11 is 3.32. The van der Waals surface area contributed by atoms with Crippen molar-refractivity contribution in [3.63, 3.8) is 0 Å². The van der Waals surface area contributed by atoms with Crippen molar-refractivity contribution in [2.75, 3.05) is 0 Å². The number of halogens is 1. The molecule has 0 heterocycles. The third kappa shape index (κ3) is 3.03. The first-order valence-electron chi connectivity index (χ1n) is 3.75. The van der Waals surface area contributed by atoms with Crippen LogP contribution in [0.3, 0.4) is 0 Å². The van der Waals surface area contributed by atoms with Crippen LogP contribution in [0, 0.1) is 0 Å². The lowest BCUT2D eigenvalue weighted by atomic mass is 10.2. The van der Waals surface area contributed by atoms with Gasteiger partial charge in [-0.15, -0.1) is 0 Å². The Hall–Kier alpha value is -1.09. The lowest BCUT2D eigenvalue weighted by Gasteiger charge is -2.01. The first kappa shape index (κ1) is 9.99.